The highest BCUT2D eigenvalue weighted by Gasteiger charge is 2.51. The summed E-state index contributed by atoms with van der Waals surface area (Å²) in [5.41, 5.74) is 18.8. The van der Waals surface area contributed by atoms with Gasteiger partial charge in [0.05, 0.1) is 22.5 Å². The summed E-state index contributed by atoms with van der Waals surface area (Å²) in [5, 5.41) is 0. The summed E-state index contributed by atoms with van der Waals surface area (Å²) in [5.74, 6) is 0. The Morgan fingerprint density at radius 3 is 1.46 bits per heavy atom. The zero-order valence-corrected chi connectivity index (χ0v) is 31.3. The maximum absolute atomic E-state index is 2.48. The molecule has 2 heteroatoms. The number of nitrogens with zero attached hydrogens (tertiary/aromatic N) is 2. The average molecular weight is 727 g/mol. The summed E-state index contributed by atoms with van der Waals surface area (Å²) in [6.45, 7) is 0. The molecule has 0 atom stereocenters. The van der Waals surface area contributed by atoms with Crippen LogP contribution < -0.4 is 9.80 Å². The van der Waals surface area contributed by atoms with Crippen molar-refractivity contribution in [1.29, 1.82) is 0 Å². The standard InChI is InChI=1S/C55H38N2/c1-4-18-39(19-5-1)40-32-34-43(35-33-40)56(52-29-15-11-24-45(52)41-20-6-2-7-21-41)44-36-37-47-46-25-10-12-26-48(46)55(51(47)38-44)49-27-13-16-30-53(49)57(42-22-8-3-9-23-42)54-31-17-14-28-50(54)55/h1-38H. The minimum atomic E-state index is -0.553. The van der Waals surface area contributed by atoms with Gasteiger partial charge in [-0.3, -0.25) is 0 Å². The van der Waals surface area contributed by atoms with Crippen LogP contribution in [-0.4, -0.2) is 0 Å². The topological polar surface area (TPSA) is 6.48 Å². The van der Waals surface area contributed by atoms with E-state index in [0.717, 1.165) is 22.7 Å². The van der Waals surface area contributed by atoms with E-state index in [0.29, 0.717) is 0 Å². The normalized spacial score (nSPS) is 13.0. The fourth-order valence-electron chi connectivity index (χ4n) is 9.48. The molecule has 9 aromatic rings. The van der Waals surface area contributed by atoms with Gasteiger partial charge in [-0.1, -0.05) is 176 Å². The fourth-order valence-corrected chi connectivity index (χ4v) is 9.48. The molecular formula is C55H38N2. The molecule has 57 heavy (non-hydrogen) atoms. The Hall–Kier alpha value is -7.42. The second-order valence-electron chi connectivity index (χ2n) is 14.9. The summed E-state index contributed by atoms with van der Waals surface area (Å²) < 4.78 is 0. The van der Waals surface area contributed by atoms with Crippen LogP contribution in [0.2, 0.25) is 0 Å². The molecule has 0 fully saturated rings. The Balaban J connectivity index is 1.18. The SMILES string of the molecule is c1ccc(-c2ccc(N(c3ccc4c(c3)C3(c5ccccc5-4)c4ccccc4N(c4ccccc4)c4ccccc43)c3ccccc3-c3ccccc3)cc2)cc1. The van der Waals surface area contributed by atoms with Crippen molar-refractivity contribution in [3.8, 4) is 33.4 Å². The number of hydrogen-bond acceptors (Lipinski definition) is 2. The van der Waals surface area contributed by atoms with Gasteiger partial charge in [0.25, 0.3) is 0 Å². The third kappa shape index (κ3) is 5.11. The molecule has 0 unspecified atom stereocenters. The third-order valence-electron chi connectivity index (χ3n) is 11.9. The summed E-state index contributed by atoms with van der Waals surface area (Å²) in [6, 6.07) is 84.3. The number of anilines is 6. The van der Waals surface area contributed by atoms with Crippen LogP contribution in [0.15, 0.2) is 231 Å². The fraction of sp³-hybridized carbons (Fsp3) is 0.0182. The van der Waals surface area contributed by atoms with E-state index >= 15 is 0 Å². The molecule has 2 aliphatic rings. The van der Waals surface area contributed by atoms with Crippen LogP contribution >= 0.6 is 0 Å². The first-order valence-electron chi connectivity index (χ1n) is 19.7. The Labute approximate surface area is 334 Å². The molecule has 1 heterocycles. The van der Waals surface area contributed by atoms with Crippen molar-refractivity contribution in [1.82, 2.24) is 0 Å². The molecule has 1 aliphatic heterocycles. The molecule has 0 N–H and O–H groups in total. The van der Waals surface area contributed by atoms with E-state index in [2.05, 4.69) is 240 Å². The molecule has 1 aliphatic carbocycles. The van der Waals surface area contributed by atoms with Gasteiger partial charge in [-0.05, 0) is 105 Å². The second kappa shape index (κ2) is 13.4. The van der Waals surface area contributed by atoms with Crippen LogP contribution in [-0.2, 0) is 5.41 Å². The van der Waals surface area contributed by atoms with Crippen molar-refractivity contribution < 1.29 is 0 Å². The van der Waals surface area contributed by atoms with Crippen LogP contribution in [0.5, 0.6) is 0 Å². The van der Waals surface area contributed by atoms with E-state index in [4.69, 9.17) is 0 Å². The van der Waals surface area contributed by atoms with E-state index in [-0.39, 0.29) is 0 Å². The summed E-state index contributed by atoms with van der Waals surface area (Å²) in [4.78, 5) is 4.89. The molecular weight excluding hydrogens is 689 g/mol. The van der Waals surface area contributed by atoms with Crippen LogP contribution in [0.3, 0.4) is 0 Å². The van der Waals surface area contributed by atoms with Crippen molar-refractivity contribution in [3.05, 3.63) is 253 Å². The van der Waals surface area contributed by atoms with Crippen molar-refractivity contribution in [3.63, 3.8) is 0 Å². The van der Waals surface area contributed by atoms with Gasteiger partial charge in [-0.25, -0.2) is 0 Å². The quantitative estimate of drug-likeness (QED) is 0.168. The lowest BCUT2D eigenvalue weighted by Crippen LogP contribution is -2.36. The van der Waals surface area contributed by atoms with E-state index in [1.165, 1.54) is 67.0 Å². The zero-order valence-electron chi connectivity index (χ0n) is 31.3. The molecule has 268 valence electrons. The first kappa shape index (κ1) is 33.0. The van der Waals surface area contributed by atoms with Crippen molar-refractivity contribution in [2.24, 2.45) is 0 Å². The smallest absolute Gasteiger partial charge is 0.0755 e. The van der Waals surface area contributed by atoms with Gasteiger partial charge in [0.1, 0.15) is 0 Å². The highest BCUT2D eigenvalue weighted by molar-refractivity contribution is 5.97. The van der Waals surface area contributed by atoms with Crippen LogP contribution in [0, 0.1) is 0 Å². The van der Waals surface area contributed by atoms with Crippen LogP contribution in [0.25, 0.3) is 33.4 Å². The minimum Gasteiger partial charge on any atom is -0.310 e. The number of benzene rings is 9. The van der Waals surface area contributed by atoms with Gasteiger partial charge in [0, 0.05) is 22.6 Å². The van der Waals surface area contributed by atoms with Gasteiger partial charge in [-0.2, -0.15) is 0 Å². The van der Waals surface area contributed by atoms with E-state index in [9.17, 15) is 0 Å². The largest absolute Gasteiger partial charge is 0.310 e. The predicted molar refractivity (Wildman–Crippen MR) is 238 cm³/mol. The van der Waals surface area contributed by atoms with Crippen LogP contribution in [0.4, 0.5) is 34.1 Å². The molecule has 2 nitrogen and oxygen atoms in total. The molecule has 0 bridgehead atoms. The lowest BCUT2D eigenvalue weighted by Gasteiger charge is -2.45. The molecule has 0 saturated heterocycles. The number of hydrogen-bond donors (Lipinski definition) is 0. The van der Waals surface area contributed by atoms with Gasteiger partial charge in [-0.15, -0.1) is 0 Å². The van der Waals surface area contributed by atoms with E-state index in [1.807, 2.05) is 0 Å². The Morgan fingerprint density at radius 2 is 0.789 bits per heavy atom. The molecule has 11 rings (SSSR count). The molecule has 0 amide bonds. The van der Waals surface area contributed by atoms with Crippen molar-refractivity contribution in [2.45, 2.75) is 5.41 Å². The number of rotatable bonds is 6. The lowest BCUT2D eigenvalue weighted by atomic mass is 9.64. The average Bonchev–Trinajstić information content (AvgIpc) is 3.58. The van der Waals surface area contributed by atoms with E-state index < -0.39 is 5.41 Å². The molecule has 0 saturated carbocycles. The third-order valence-corrected chi connectivity index (χ3v) is 11.9. The lowest BCUT2D eigenvalue weighted by molar-refractivity contribution is 0.752. The highest BCUT2D eigenvalue weighted by Crippen LogP contribution is 2.64. The maximum Gasteiger partial charge on any atom is 0.0755 e. The summed E-state index contributed by atoms with van der Waals surface area (Å²) >= 11 is 0. The van der Waals surface area contributed by atoms with Crippen molar-refractivity contribution >= 4 is 34.1 Å². The monoisotopic (exact) mass is 726 g/mol. The molecule has 0 radical (unpaired) electrons. The number of fused-ring (bicyclic) bond motifs is 9. The van der Waals surface area contributed by atoms with Gasteiger partial charge < -0.3 is 9.80 Å². The zero-order chi connectivity index (χ0) is 37.8. The first-order valence-corrected chi connectivity index (χ1v) is 19.7. The summed E-state index contributed by atoms with van der Waals surface area (Å²) in [7, 11) is 0. The van der Waals surface area contributed by atoms with Crippen LogP contribution in [0.1, 0.15) is 22.3 Å². The molecule has 0 aromatic heterocycles. The number of para-hydroxylation sites is 4. The second-order valence-corrected chi connectivity index (χ2v) is 14.9. The van der Waals surface area contributed by atoms with E-state index in [1.54, 1.807) is 0 Å². The Morgan fingerprint density at radius 1 is 0.316 bits per heavy atom. The summed E-state index contributed by atoms with van der Waals surface area (Å²) in [6.07, 6.45) is 0. The molecule has 9 aromatic carbocycles. The molecule has 1 spiro atoms. The van der Waals surface area contributed by atoms with Crippen molar-refractivity contribution in [2.75, 3.05) is 9.80 Å². The Bertz CT molecular complexity index is 2850. The first-order chi connectivity index (χ1) is 28.3. The van der Waals surface area contributed by atoms with Gasteiger partial charge in [0.15, 0.2) is 0 Å². The van der Waals surface area contributed by atoms with Gasteiger partial charge >= 0.3 is 0 Å². The highest BCUT2D eigenvalue weighted by atomic mass is 15.2. The Kier molecular flexibility index (Phi) is 7.75. The minimum absolute atomic E-state index is 0.553. The van der Waals surface area contributed by atoms with Gasteiger partial charge in [0.2, 0.25) is 0 Å². The maximum atomic E-state index is 2.48. The predicted octanol–water partition coefficient (Wildman–Crippen LogP) is 14.6.